The minimum Gasteiger partial charge on any atom is -0.497 e. The number of amides is 1. The van der Waals surface area contributed by atoms with Crippen LogP contribution in [0, 0.1) is 0 Å². The Bertz CT molecular complexity index is 944. The van der Waals surface area contributed by atoms with Crippen molar-refractivity contribution in [1.29, 1.82) is 0 Å². The Hall–Kier alpha value is -2.97. The largest absolute Gasteiger partial charge is 0.497 e. The zero-order chi connectivity index (χ0) is 20.8. The van der Waals surface area contributed by atoms with Crippen LogP contribution >= 0.6 is 11.6 Å². The van der Waals surface area contributed by atoms with E-state index in [0.717, 1.165) is 5.56 Å². The molecule has 0 aliphatic carbocycles. The molecule has 0 radical (unpaired) electrons. The smallest absolute Gasteiger partial charge is 0.246 e. The number of aliphatic hydroxyl groups excluding tert-OH is 1. The number of methoxy groups -OCH3 is 1. The van der Waals surface area contributed by atoms with Gasteiger partial charge in [0.15, 0.2) is 6.04 Å². The van der Waals surface area contributed by atoms with Gasteiger partial charge in [-0.2, -0.15) is 4.80 Å². The van der Waals surface area contributed by atoms with Crippen LogP contribution in [0.25, 0.3) is 11.4 Å². The van der Waals surface area contributed by atoms with Gasteiger partial charge in [-0.1, -0.05) is 30.7 Å². The molecule has 3 rings (SSSR count). The van der Waals surface area contributed by atoms with Gasteiger partial charge in [0.2, 0.25) is 11.7 Å². The molecule has 0 saturated carbocycles. The number of carbonyl (C=O) groups excluding carboxylic acids is 1. The van der Waals surface area contributed by atoms with E-state index in [0.29, 0.717) is 28.6 Å². The fourth-order valence-corrected chi connectivity index (χ4v) is 2.91. The fourth-order valence-electron chi connectivity index (χ4n) is 2.78. The third-order valence-corrected chi connectivity index (χ3v) is 4.72. The molecular formula is C20H22ClN5O3. The Labute approximate surface area is 173 Å². The van der Waals surface area contributed by atoms with Crippen LogP contribution in [0.3, 0.4) is 0 Å². The second-order valence-corrected chi connectivity index (χ2v) is 6.83. The van der Waals surface area contributed by atoms with E-state index >= 15 is 0 Å². The number of hydrogen-bond donors (Lipinski definition) is 2. The first kappa shape index (κ1) is 20.8. The van der Waals surface area contributed by atoms with E-state index in [2.05, 4.69) is 20.7 Å². The molecule has 2 N–H and O–H groups in total. The van der Waals surface area contributed by atoms with Crippen molar-refractivity contribution < 1.29 is 14.6 Å². The van der Waals surface area contributed by atoms with Gasteiger partial charge < -0.3 is 15.2 Å². The fraction of sp³-hybridized carbons (Fsp3) is 0.300. The molecule has 0 aliphatic rings. The number of tetrazole rings is 1. The standard InChI is InChI=1S/C20H22ClN5O3/c1-3-17(26-24-19(23-25-26)14-4-8-15(21)9-5-14)20(28)22-12-18(27)13-6-10-16(29-2)11-7-13/h4-11,17-18,27H,3,12H2,1-2H3,(H,22,28). The maximum Gasteiger partial charge on any atom is 0.246 e. The summed E-state index contributed by atoms with van der Waals surface area (Å²) >= 11 is 5.90. The van der Waals surface area contributed by atoms with Crippen LogP contribution in [0.4, 0.5) is 0 Å². The van der Waals surface area contributed by atoms with Crippen molar-refractivity contribution in [2.45, 2.75) is 25.5 Å². The predicted molar refractivity (Wildman–Crippen MR) is 109 cm³/mol. The van der Waals surface area contributed by atoms with Crippen LogP contribution in [0.15, 0.2) is 48.5 Å². The Balaban J connectivity index is 1.63. The van der Waals surface area contributed by atoms with Crippen molar-refractivity contribution >= 4 is 17.5 Å². The highest BCUT2D eigenvalue weighted by atomic mass is 35.5. The highest BCUT2D eigenvalue weighted by Crippen LogP contribution is 2.19. The third kappa shape index (κ3) is 5.10. The van der Waals surface area contributed by atoms with Gasteiger partial charge in [0.25, 0.3) is 0 Å². The molecule has 2 aromatic carbocycles. The number of hydrogen-bond acceptors (Lipinski definition) is 6. The number of rotatable bonds is 8. The first-order chi connectivity index (χ1) is 14.0. The molecule has 0 aliphatic heterocycles. The zero-order valence-electron chi connectivity index (χ0n) is 16.1. The Morgan fingerprint density at radius 1 is 1.21 bits per heavy atom. The SMILES string of the molecule is CCC(C(=O)NCC(O)c1ccc(OC)cc1)n1nnc(-c2ccc(Cl)cc2)n1. The van der Waals surface area contributed by atoms with Crippen LogP contribution in [0.2, 0.25) is 5.02 Å². The quantitative estimate of drug-likeness (QED) is 0.586. The summed E-state index contributed by atoms with van der Waals surface area (Å²) in [6.07, 6.45) is -0.364. The molecule has 0 fully saturated rings. The molecule has 2 unspecified atom stereocenters. The number of halogens is 1. The second kappa shape index (κ2) is 9.49. The maximum absolute atomic E-state index is 12.6. The van der Waals surface area contributed by atoms with Crippen molar-refractivity contribution in [2.75, 3.05) is 13.7 Å². The number of nitrogens with one attached hydrogen (secondary N) is 1. The Morgan fingerprint density at radius 3 is 2.52 bits per heavy atom. The van der Waals surface area contributed by atoms with Gasteiger partial charge in [0, 0.05) is 17.1 Å². The number of ether oxygens (including phenoxy) is 1. The van der Waals surface area contributed by atoms with Gasteiger partial charge in [0.05, 0.1) is 13.2 Å². The number of aliphatic hydroxyl groups is 1. The lowest BCUT2D eigenvalue weighted by Crippen LogP contribution is -2.36. The van der Waals surface area contributed by atoms with E-state index in [1.165, 1.54) is 4.80 Å². The molecule has 1 heterocycles. The van der Waals surface area contributed by atoms with Gasteiger partial charge in [-0.25, -0.2) is 0 Å². The monoisotopic (exact) mass is 415 g/mol. The molecule has 29 heavy (non-hydrogen) atoms. The van der Waals surface area contributed by atoms with Gasteiger partial charge >= 0.3 is 0 Å². The molecule has 0 saturated heterocycles. The topological polar surface area (TPSA) is 102 Å². The number of nitrogens with zero attached hydrogens (tertiary/aromatic N) is 4. The summed E-state index contributed by atoms with van der Waals surface area (Å²) in [6.45, 7) is 1.93. The Kier molecular flexibility index (Phi) is 6.79. The normalized spacial score (nSPS) is 13.0. The van der Waals surface area contributed by atoms with Crippen molar-refractivity contribution in [2.24, 2.45) is 0 Å². The van der Waals surface area contributed by atoms with E-state index in [1.54, 1.807) is 55.6 Å². The molecule has 0 bridgehead atoms. The zero-order valence-corrected chi connectivity index (χ0v) is 16.9. The number of benzene rings is 2. The third-order valence-electron chi connectivity index (χ3n) is 4.47. The summed E-state index contributed by atoms with van der Waals surface area (Å²) < 4.78 is 5.10. The summed E-state index contributed by atoms with van der Waals surface area (Å²) in [5.41, 5.74) is 1.44. The molecule has 0 spiro atoms. The van der Waals surface area contributed by atoms with Crippen LogP contribution in [0.5, 0.6) is 5.75 Å². The first-order valence-corrected chi connectivity index (χ1v) is 9.54. The summed E-state index contributed by atoms with van der Waals surface area (Å²) in [5.74, 6) is 0.816. The summed E-state index contributed by atoms with van der Waals surface area (Å²) in [5, 5.41) is 26.0. The van der Waals surface area contributed by atoms with Crippen molar-refractivity contribution in [1.82, 2.24) is 25.5 Å². The van der Waals surface area contributed by atoms with E-state index < -0.39 is 12.1 Å². The molecule has 1 amide bonds. The molecule has 1 aromatic heterocycles. The van der Waals surface area contributed by atoms with Gasteiger partial charge in [-0.3, -0.25) is 4.79 Å². The highest BCUT2D eigenvalue weighted by molar-refractivity contribution is 6.30. The summed E-state index contributed by atoms with van der Waals surface area (Å²) in [7, 11) is 1.58. The lowest BCUT2D eigenvalue weighted by molar-refractivity contribution is -0.125. The summed E-state index contributed by atoms with van der Waals surface area (Å²) in [4.78, 5) is 13.9. The minimum absolute atomic E-state index is 0.0698. The van der Waals surface area contributed by atoms with Gasteiger partial charge in [-0.05, 0) is 53.6 Å². The molecule has 3 aromatic rings. The van der Waals surface area contributed by atoms with E-state index in [9.17, 15) is 9.90 Å². The van der Waals surface area contributed by atoms with Crippen LogP contribution in [-0.4, -0.2) is 44.9 Å². The van der Waals surface area contributed by atoms with Crippen LogP contribution in [-0.2, 0) is 4.79 Å². The van der Waals surface area contributed by atoms with E-state index in [1.807, 2.05) is 6.92 Å². The molecule has 8 nitrogen and oxygen atoms in total. The van der Waals surface area contributed by atoms with Crippen LogP contribution in [0.1, 0.15) is 31.1 Å². The van der Waals surface area contributed by atoms with Gasteiger partial charge in [-0.15, -0.1) is 10.2 Å². The lowest BCUT2D eigenvalue weighted by Gasteiger charge is -2.16. The minimum atomic E-state index is -0.837. The van der Waals surface area contributed by atoms with Crippen LogP contribution < -0.4 is 10.1 Å². The predicted octanol–water partition coefficient (Wildman–Crippen LogP) is 2.80. The van der Waals surface area contributed by atoms with Crippen molar-refractivity contribution in [3.63, 3.8) is 0 Å². The average Bonchev–Trinajstić information content (AvgIpc) is 3.23. The van der Waals surface area contributed by atoms with Crippen molar-refractivity contribution in [3.8, 4) is 17.1 Å². The maximum atomic E-state index is 12.6. The number of aromatic nitrogens is 4. The van der Waals surface area contributed by atoms with Crippen molar-refractivity contribution in [3.05, 3.63) is 59.1 Å². The van der Waals surface area contributed by atoms with E-state index in [4.69, 9.17) is 16.3 Å². The molecular weight excluding hydrogens is 394 g/mol. The number of carbonyl (C=O) groups is 1. The van der Waals surface area contributed by atoms with E-state index in [-0.39, 0.29) is 12.5 Å². The molecule has 2 atom stereocenters. The Morgan fingerprint density at radius 2 is 1.90 bits per heavy atom. The van der Waals surface area contributed by atoms with Gasteiger partial charge in [0.1, 0.15) is 5.75 Å². The first-order valence-electron chi connectivity index (χ1n) is 9.17. The molecule has 152 valence electrons. The second-order valence-electron chi connectivity index (χ2n) is 6.40. The average molecular weight is 416 g/mol. The highest BCUT2D eigenvalue weighted by Gasteiger charge is 2.22. The summed E-state index contributed by atoms with van der Waals surface area (Å²) in [6, 6.07) is 13.4. The molecule has 9 heteroatoms. The lowest BCUT2D eigenvalue weighted by atomic mass is 10.1.